The van der Waals surface area contributed by atoms with Crippen LogP contribution in [-0.2, 0) is 10.8 Å². The maximum Gasteiger partial charge on any atom is 0.146 e. The van der Waals surface area contributed by atoms with Crippen LogP contribution in [0.25, 0.3) is 0 Å². The quantitative estimate of drug-likeness (QED) is 0.734. The number of rotatable bonds is 2. The largest absolute Gasteiger partial charge is 0.247 e. The lowest BCUT2D eigenvalue weighted by Crippen LogP contribution is -1.92. The lowest BCUT2D eigenvalue weighted by Gasteiger charge is -1.97. The summed E-state index contributed by atoms with van der Waals surface area (Å²) in [6.45, 7) is 0. The van der Waals surface area contributed by atoms with Crippen LogP contribution in [0.4, 0.5) is 0 Å². The lowest BCUT2D eigenvalue weighted by atomic mass is 10.7. The van der Waals surface area contributed by atoms with Crippen LogP contribution in [0.1, 0.15) is 0 Å². The monoisotopic (exact) mass is 288 g/mol. The molecule has 0 atom stereocenters. The molecule has 0 saturated carbocycles. The van der Waals surface area contributed by atoms with Gasteiger partial charge in [-0.05, 0) is 0 Å². The topological polar surface area (TPSA) is 64.7 Å². The van der Waals surface area contributed by atoms with Crippen LogP contribution in [0.3, 0.4) is 0 Å². The van der Waals surface area contributed by atoms with E-state index in [-0.39, 0.29) is 0 Å². The van der Waals surface area contributed by atoms with Crippen molar-refractivity contribution in [1.29, 1.82) is 10.5 Å². The van der Waals surface area contributed by atoms with E-state index in [4.69, 9.17) is 56.9 Å². The first-order chi connectivity index (χ1) is 6.45. The Morgan fingerprint density at radius 2 is 1.21 bits per heavy atom. The fourth-order valence-electron chi connectivity index (χ4n) is 0.329. The molecule has 0 spiro atoms. The second kappa shape index (κ2) is 6.29. The zero-order valence-electron chi connectivity index (χ0n) is 6.22. The maximum atomic E-state index is 11.3. The highest BCUT2D eigenvalue weighted by Gasteiger charge is 2.17. The van der Waals surface area contributed by atoms with Gasteiger partial charge in [0.1, 0.15) is 41.7 Å². The van der Waals surface area contributed by atoms with E-state index in [1.807, 2.05) is 0 Å². The second-order valence-corrected chi connectivity index (χ2v) is 4.98. The van der Waals surface area contributed by atoms with E-state index >= 15 is 0 Å². The first kappa shape index (κ1) is 13.8. The fourth-order valence-corrected chi connectivity index (χ4v) is 1.99. The number of halogens is 4. The van der Waals surface area contributed by atoms with Crippen LogP contribution in [0.2, 0.25) is 0 Å². The molecule has 0 saturated heterocycles. The highest BCUT2D eigenvalue weighted by molar-refractivity contribution is 7.96. The van der Waals surface area contributed by atoms with Crippen molar-refractivity contribution in [2.24, 2.45) is 0 Å². The highest BCUT2D eigenvalue weighted by atomic mass is 35.5. The Kier molecular flexibility index (Phi) is 6.19. The van der Waals surface area contributed by atoms with Gasteiger partial charge in [0.2, 0.25) is 0 Å². The van der Waals surface area contributed by atoms with Gasteiger partial charge in [-0.3, -0.25) is 0 Å². The van der Waals surface area contributed by atoms with E-state index in [2.05, 4.69) is 0 Å². The number of nitriles is 2. The molecule has 0 aromatic carbocycles. The maximum absolute atomic E-state index is 11.3. The first-order valence-electron chi connectivity index (χ1n) is 2.78. The Labute approximate surface area is 103 Å². The fraction of sp³-hybridized carbons (Fsp3) is 0. The van der Waals surface area contributed by atoms with Gasteiger partial charge >= 0.3 is 0 Å². The summed E-state index contributed by atoms with van der Waals surface area (Å²) < 4.78 is 10.4. The third-order valence-corrected chi connectivity index (χ3v) is 4.11. The number of hydrogen-bond donors (Lipinski definition) is 0. The predicted octanol–water partition coefficient (Wildman–Crippen LogP) is 3.08. The van der Waals surface area contributed by atoms with Crippen molar-refractivity contribution in [3.63, 3.8) is 0 Å². The van der Waals surface area contributed by atoms with Crippen molar-refractivity contribution < 1.29 is 4.21 Å². The average molecular weight is 290 g/mol. The van der Waals surface area contributed by atoms with Crippen LogP contribution in [-0.4, -0.2) is 4.21 Å². The molecule has 0 bridgehead atoms. The van der Waals surface area contributed by atoms with E-state index in [1.54, 1.807) is 0 Å². The third kappa shape index (κ3) is 3.49. The van der Waals surface area contributed by atoms with Gasteiger partial charge in [-0.1, -0.05) is 46.4 Å². The van der Waals surface area contributed by atoms with Crippen LogP contribution in [0.15, 0.2) is 18.8 Å². The van der Waals surface area contributed by atoms with Crippen molar-refractivity contribution in [3.8, 4) is 12.1 Å². The van der Waals surface area contributed by atoms with Crippen molar-refractivity contribution in [2.45, 2.75) is 0 Å². The van der Waals surface area contributed by atoms with Gasteiger partial charge in [0.15, 0.2) is 0 Å². The van der Waals surface area contributed by atoms with Crippen molar-refractivity contribution in [3.05, 3.63) is 18.8 Å². The van der Waals surface area contributed by atoms with Gasteiger partial charge in [-0.2, -0.15) is 10.5 Å². The molecule has 0 amide bonds. The molecule has 74 valence electrons. The van der Waals surface area contributed by atoms with Gasteiger partial charge in [-0.25, -0.2) is 4.21 Å². The Balaban J connectivity index is 5.26. The molecule has 8 heteroatoms. The zero-order chi connectivity index (χ0) is 11.3. The smallest absolute Gasteiger partial charge is 0.146 e. The predicted molar refractivity (Wildman–Crippen MR) is 56.8 cm³/mol. The first-order valence-corrected chi connectivity index (χ1v) is 5.44. The van der Waals surface area contributed by atoms with Crippen LogP contribution in [0.5, 0.6) is 0 Å². The Hall–Kier alpha value is -0.230. The molecule has 14 heavy (non-hydrogen) atoms. The number of nitrogens with zero attached hydrogens (tertiary/aromatic N) is 2. The SMILES string of the molecule is N#C/C(Cl)=C(/Cl)S(=O)/C(Cl)=C(/Cl)C#N. The minimum atomic E-state index is -2.09. The van der Waals surface area contributed by atoms with Gasteiger partial charge in [0, 0.05) is 0 Å². The molecule has 0 aromatic rings. The highest BCUT2D eigenvalue weighted by Crippen LogP contribution is 2.27. The molecular weight excluding hydrogens is 290 g/mol. The van der Waals surface area contributed by atoms with Crippen LogP contribution < -0.4 is 0 Å². The molecule has 0 radical (unpaired) electrons. The lowest BCUT2D eigenvalue weighted by molar-refractivity contribution is 0.692. The molecule has 3 nitrogen and oxygen atoms in total. The molecule has 0 aromatic heterocycles. The molecule has 0 unspecified atom stereocenters. The Morgan fingerprint density at radius 1 is 0.929 bits per heavy atom. The molecule has 0 aliphatic heterocycles. The summed E-state index contributed by atoms with van der Waals surface area (Å²) in [4.78, 5) is 0. The van der Waals surface area contributed by atoms with Gasteiger partial charge in [-0.15, -0.1) is 0 Å². The minimum Gasteiger partial charge on any atom is -0.247 e. The summed E-state index contributed by atoms with van der Waals surface area (Å²) in [7, 11) is -2.09. The van der Waals surface area contributed by atoms with Gasteiger partial charge < -0.3 is 0 Å². The Bertz CT molecular complexity index is 377. The summed E-state index contributed by atoms with van der Waals surface area (Å²) in [5.41, 5.74) is 0. The molecule has 0 rings (SSSR count). The van der Waals surface area contributed by atoms with Gasteiger partial charge in [0.25, 0.3) is 0 Å². The Morgan fingerprint density at radius 3 is 1.43 bits per heavy atom. The van der Waals surface area contributed by atoms with E-state index in [0.29, 0.717) is 0 Å². The van der Waals surface area contributed by atoms with Crippen molar-refractivity contribution in [2.75, 3.05) is 0 Å². The summed E-state index contributed by atoms with van der Waals surface area (Å²) in [6, 6.07) is 2.94. The van der Waals surface area contributed by atoms with Crippen molar-refractivity contribution >= 4 is 57.2 Å². The molecule has 0 heterocycles. The van der Waals surface area contributed by atoms with E-state index in [0.717, 1.165) is 0 Å². The summed E-state index contributed by atoms with van der Waals surface area (Å²) in [6.07, 6.45) is 0. The molecule has 0 aliphatic rings. The van der Waals surface area contributed by atoms with Crippen LogP contribution in [0, 0.1) is 22.7 Å². The zero-order valence-corrected chi connectivity index (χ0v) is 10.1. The number of hydrogen-bond acceptors (Lipinski definition) is 3. The average Bonchev–Trinajstić information content (AvgIpc) is 2.23. The second-order valence-electron chi connectivity index (χ2n) is 1.67. The summed E-state index contributed by atoms with van der Waals surface area (Å²) in [5.74, 6) is 0. The van der Waals surface area contributed by atoms with Crippen molar-refractivity contribution in [1.82, 2.24) is 0 Å². The molecule has 0 aliphatic carbocycles. The van der Waals surface area contributed by atoms with E-state index in [9.17, 15) is 4.21 Å². The summed E-state index contributed by atoms with van der Waals surface area (Å²) in [5, 5.41) is 15.7. The van der Waals surface area contributed by atoms with Gasteiger partial charge in [0.05, 0.1) is 0 Å². The standard InChI is InChI=1S/C6Cl4N2OS/c7-3(1-11)5(9)14(13)6(10)4(8)2-12/b5-3+,6-4+. The van der Waals surface area contributed by atoms with Crippen LogP contribution >= 0.6 is 46.4 Å². The van der Waals surface area contributed by atoms with E-state index in [1.165, 1.54) is 12.1 Å². The molecule has 0 fully saturated rings. The molecule has 0 N–H and O–H groups in total. The summed E-state index contributed by atoms with van der Waals surface area (Å²) >= 11 is 21.4. The minimum absolute atomic E-state index is 0.465. The molecular formula is C6Cl4N2OS. The normalized spacial score (nSPS) is 13.9. The number of allylic oxidation sites excluding steroid dienone is 2. The third-order valence-electron chi connectivity index (χ3n) is 0.867. The van der Waals surface area contributed by atoms with E-state index < -0.39 is 29.6 Å².